The lowest BCUT2D eigenvalue weighted by Gasteiger charge is -2.30. The third-order valence-electron chi connectivity index (χ3n) is 4.60. The molecule has 2 aromatic rings. The van der Waals surface area contributed by atoms with Crippen molar-refractivity contribution in [2.45, 2.75) is 31.3 Å². The summed E-state index contributed by atoms with van der Waals surface area (Å²) in [5.41, 5.74) is 3.40. The van der Waals surface area contributed by atoms with Gasteiger partial charge in [0.05, 0.1) is 0 Å². The molecule has 1 aliphatic rings. The molecule has 2 aromatic carbocycles. The van der Waals surface area contributed by atoms with Gasteiger partial charge in [0.25, 0.3) is 0 Å². The molecule has 3 N–H and O–H groups in total. The van der Waals surface area contributed by atoms with Crippen LogP contribution >= 0.6 is 0 Å². The van der Waals surface area contributed by atoms with Crippen LogP contribution in [0.1, 0.15) is 41.6 Å². The van der Waals surface area contributed by atoms with Gasteiger partial charge in [-0.15, -0.1) is 0 Å². The van der Waals surface area contributed by atoms with Crippen molar-refractivity contribution in [1.29, 1.82) is 0 Å². The van der Waals surface area contributed by atoms with Crippen molar-refractivity contribution in [3.63, 3.8) is 0 Å². The van der Waals surface area contributed by atoms with Gasteiger partial charge in [-0.3, -0.25) is 15.4 Å². The number of aryl methyl sites for hydroxylation is 1. The lowest BCUT2D eigenvalue weighted by molar-refractivity contribution is -0.122. The van der Waals surface area contributed by atoms with E-state index in [9.17, 15) is 9.59 Å². The molecule has 0 fully saturated rings. The molecule has 0 aliphatic heterocycles. The maximum atomic E-state index is 12.7. The highest BCUT2D eigenvalue weighted by atomic mass is 16.2. The fourth-order valence-corrected chi connectivity index (χ4v) is 3.34. The van der Waals surface area contributed by atoms with Gasteiger partial charge in [-0.1, -0.05) is 54.6 Å². The maximum Gasteiger partial charge on any atom is 0.321 e. The molecule has 3 rings (SSSR count). The van der Waals surface area contributed by atoms with Crippen molar-refractivity contribution in [2.24, 2.45) is 0 Å². The first-order valence-corrected chi connectivity index (χ1v) is 8.60. The largest absolute Gasteiger partial charge is 0.341 e. The van der Waals surface area contributed by atoms with Gasteiger partial charge in [0, 0.05) is 13.1 Å². The number of fused-ring (bicyclic) bond motifs is 1. The van der Waals surface area contributed by atoms with Crippen molar-refractivity contribution < 1.29 is 9.59 Å². The Balaban J connectivity index is 1.86. The Morgan fingerprint density at radius 3 is 2.52 bits per heavy atom. The molecule has 25 heavy (non-hydrogen) atoms. The zero-order valence-electron chi connectivity index (χ0n) is 14.3. The van der Waals surface area contributed by atoms with Gasteiger partial charge in [0.1, 0.15) is 6.04 Å². The monoisotopic (exact) mass is 337 g/mol. The third kappa shape index (κ3) is 4.06. The minimum Gasteiger partial charge on any atom is -0.341 e. The number of nitrogens with one attached hydrogen (secondary N) is 3. The number of amides is 3. The lowest BCUT2D eigenvalue weighted by atomic mass is 9.87. The van der Waals surface area contributed by atoms with Crippen molar-refractivity contribution in [1.82, 2.24) is 16.0 Å². The topological polar surface area (TPSA) is 70.2 Å². The van der Waals surface area contributed by atoms with Gasteiger partial charge in [0.2, 0.25) is 5.91 Å². The summed E-state index contributed by atoms with van der Waals surface area (Å²) in [5, 5.41) is 8.28. The molecule has 130 valence electrons. The Labute approximate surface area is 147 Å². The summed E-state index contributed by atoms with van der Waals surface area (Å²) in [6.45, 7) is 0. The quantitative estimate of drug-likeness (QED) is 0.803. The average molecular weight is 337 g/mol. The Morgan fingerprint density at radius 2 is 1.76 bits per heavy atom. The van der Waals surface area contributed by atoms with E-state index in [0.717, 1.165) is 24.8 Å². The SMILES string of the molecule is CNC(=O)NC(=O)[C@@H](N[C@@H]1CCCc2ccccc21)c1ccccc1. The van der Waals surface area contributed by atoms with Crippen LogP contribution in [0, 0.1) is 0 Å². The van der Waals surface area contributed by atoms with Crippen molar-refractivity contribution in [2.75, 3.05) is 7.05 Å². The van der Waals surface area contributed by atoms with Crippen LogP contribution in [-0.2, 0) is 11.2 Å². The molecule has 0 saturated heterocycles. The Bertz CT molecular complexity index is 746. The summed E-state index contributed by atoms with van der Waals surface area (Å²) in [5.74, 6) is -0.353. The number of hydrogen-bond acceptors (Lipinski definition) is 3. The first kappa shape index (κ1) is 17.2. The summed E-state index contributed by atoms with van der Waals surface area (Å²) in [4.78, 5) is 24.2. The van der Waals surface area contributed by atoms with E-state index in [1.807, 2.05) is 42.5 Å². The Hall–Kier alpha value is -2.66. The molecular formula is C20H23N3O2. The molecule has 0 saturated carbocycles. The normalized spacial score (nSPS) is 17.2. The highest BCUT2D eigenvalue weighted by Crippen LogP contribution is 2.31. The first-order valence-electron chi connectivity index (χ1n) is 8.60. The minimum absolute atomic E-state index is 0.0885. The smallest absolute Gasteiger partial charge is 0.321 e. The van der Waals surface area contributed by atoms with E-state index < -0.39 is 12.1 Å². The number of benzene rings is 2. The van der Waals surface area contributed by atoms with Crippen LogP contribution in [0.15, 0.2) is 54.6 Å². The number of carbonyl (C=O) groups excluding carboxylic acids is 2. The standard InChI is InChI=1S/C20H23N3O2/c1-21-20(25)23-19(24)18(15-9-3-2-4-10-15)22-17-13-7-11-14-8-5-6-12-16(14)17/h2-6,8-10,12,17-18,22H,7,11,13H2,1H3,(H2,21,23,24,25)/t17-,18+/m1/s1. The molecule has 0 bridgehead atoms. The van der Waals surface area contributed by atoms with Gasteiger partial charge in [0.15, 0.2) is 0 Å². The van der Waals surface area contributed by atoms with Crippen LogP contribution in [0.2, 0.25) is 0 Å². The Kier molecular flexibility index (Phi) is 5.46. The predicted molar refractivity (Wildman–Crippen MR) is 97.0 cm³/mol. The van der Waals surface area contributed by atoms with Crippen molar-refractivity contribution in [3.8, 4) is 0 Å². The van der Waals surface area contributed by atoms with Gasteiger partial charge in [-0.25, -0.2) is 4.79 Å². The molecular weight excluding hydrogens is 314 g/mol. The Morgan fingerprint density at radius 1 is 1.04 bits per heavy atom. The molecule has 0 spiro atoms. The van der Waals surface area contributed by atoms with Gasteiger partial charge >= 0.3 is 6.03 Å². The molecule has 0 radical (unpaired) electrons. The van der Waals surface area contributed by atoms with Crippen LogP contribution in [-0.4, -0.2) is 19.0 Å². The van der Waals surface area contributed by atoms with Gasteiger partial charge in [-0.05, 0) is 36.0 Å². The first-order chi connectivity index (χ1) is 12.2. The van der Waals surface area contributed by atoms with E-state index in [-0.39, 0.29) is 11.9 Å². The molecule has 0 heterocycles. The molecule has 2 atom stereocenters. The van der Waals surface area contributed by atoms with Gasteiger partial charge in [-0.2, -0.15) is 0 Å². The predicted octanol–water partition coefficient (Wildman–Crippen LogP) is 2.85. The number of rotatable bonds is 4. The van der Waals surface area contributed by atoms with Gasteiger partial charge < -0.3 is 5.32 Å². The van der Waals surface area contributed by atoms with Crippen LogP contribution in [0.4, 0.5) is 4.79 Å². The van der Waals surface area contributed by atoms with E-state index in [1.54, 1.807) is 0 Å². The maximum absolute atomic E-state index is 12.7. The summed E-state index contributed by atoms with van der Waals surface area (Å²) in [7, 11) is 1.49. The van der Waals surface area contributed by atoms with Crippen LogP contribution in [0.3, 0.4) is 0 Å². The minimum atomic E-state index is -0.588. The average Bonchev–Trinajstić information content (AvgIpc) is 2.66. The molecule has 0 aromatic heterocycles. The summed E-state index contributed by atoms with van der Waals surface area (Å²) < 4.78 is 0. The van der Waals surface area contributed by atoms with E-state index in [4.69, 9.17) is 0 Å². The van der Waals surface area contributed by atoms with Crippen LogP contribution < -0.4 is 16.0 Å². The number of urea groups is 1. The van der Waals surface area contributed by atoms with Crippen LogP contribution in [0.5, 0.6) is 0 Å². The molecule has 1 aliphatic carbocycles. The second-order valence-electron chi connectivity index (χ2n) is 6.22. The van der Waals surface area contributed by atoms with Crippen molar-refractivity contribution >= 4 is 11.9 Å². The van der Waals surface area contributed by atoms with Crippen molar-refractivity contribution in [3.05, 3.63) is 71.3 Å². The lowest BCUT2D eigenvalue weighted by Crippen LogP contribution is -2.45. The van der Waals surface area contributed by atoms with Crippen LogP contribution in [0.25, 0.3) is 0 Å². The summed E-state index contributed by atoms with van der Waals surface area (Å²) in [6.07, 6.45) is 3.11. The number of carbonyl (C=O) groups is 2. The highest BCUT2D eigenvalue weighted by molar-refractivity contribution is 5.97. The second kappa shape index (κ2) is 7.94. The zero-order valence-corrected chi connectivity index (χ0v) is 14.3. The number of hydrogen-bond donors (Lipinski definition) is 3. The van der Waals surface area contributed by atoms with E-state index in [2.05, 4.69) is 28.1 Å². The number of imide groups is 1. The van der Waals surface area contributed by atoms with E-state index >= 15 is 0 Å². The van der Waals surface area contributed by atoms with E-state index in [0.29, 0.717) is 0 Å². The second-order valence-corrected chi connectivity index (χ2v) is 6.22. The van der Waals surface area contributed by atoms with E-state index in [1.165, 1.54) is 18.2 Å². The molecule has 0 unspecified atom stereocenters. The zero-order chi connectivity index (χ0) is 17.6. The summed E-state index contributed by atoms with van der Waals surface area (Å²) in [6, 6.07) is 16.8. The molecule has 5 nitrogen and oxygen atoms in total. The highest BCUT2D eigenvalue weighted by Gasteiger charge is 2.28. The summed E-state index contributed by atoms with van der Waals surface area (Å²) >= 11 is 0. The fraction of sp³-hybridized carbons (Fsp3) is 0.300. The molecule has 5 heteroatoms. The third-order valence-corrected chi connectivity index (χ3v) is 4.60. The fourth-order valence-electron chi connectivity index (χ4n) is 3.34. The molecule has 3 amide bonds.